The molecule has 0 radical (unpaired) electrons. The Morgan fingerprint density at radius 3 is 2.49 bits per heavy atom. The van der Waals surface area contributed by atoms with Gasteiger partial charge in [0.15, 0.2) is 5.65 Å². The predicted octanol–water partition coefficient (Wildman–Crippen LogP) is 4.47. The third-order valence-electron chi connectivity index (χ3n) is 7.00. The molecule has 0 unspecified atom stereocenters. The van der Waals surface area contributed by atoms with Crippen LogP contribution in [0.25, 0.3) is 28.3 Å². The Bertz CT molecular complexity index is 1530. The molecule has 1 aliphatic rings. The lowest BCUT2D eigenvalue weighted by Crippen LogP contribution is -2.58. The van der Waals surface area contributed by atoms with Gasteiger partial charge in [-0.1, -0.05) is 45.0 Å². The van der Waals surface area contributed by atoms with Gasteiger partial charge in [-0.25, -0.2) is 9.50 Å². The number of fused-ring (bicyclic) bond motifs is 1. The molecule has 192 valence electrons. The lowest BCUT2D eigenvalue weighted by molar-refractivity contribution is 0.0142. The molecule has 0 bridgehead atoms. The average Bonchev–Trinajstić information content (AvgIpc) is 3.23. The van der Waals surface area contributed by atoms with Crippen LogP contribution in [-0.2, 0) is 6.42 Å². The van der Waals surface area contributed by atoms with E-state index in [1.165, 1.54) is 22.3 Å². The number of benzene rings is 1. The number of hydrogen-bond donors (Lipinski definition) is 1. The first kappa shape index (κ1) is 24.8. The van der Waals surface area contributed by atoms with E-state index >= 15 is 0 Å². The summed E-state index contributed by atoms with van der Waals surface area (Å²) in [5.74, 6) is -0.519. The Labute approximate surface area is 214 Å². The summed E-state index contributed by atoms with van der Waals surface area (Å²) in [6.45, 7) is 10.0. The van der Waals surface area contributed by atoms with Gasteiger partial charge in [-0.15, -0.1) is 0 Å². The van der Waals surface area contributed by atoms with E-state index in [9.17, 15) is 14.0 Å². The number of H-pyrrole nitrogens is 1. The fraction of sp³-hybridized carbons (Fsp3) is 0.393. The highest BCUT2D eigenvalue weighted by atomic mass is 19.1. The fourth-order valence-corrected chi connectivity index (χ4v) is 4.90. The quantitative estimate of drug-likeness (QED) is 0.434. The number of aromatic amines is 1. The zero-order chi connectivity index (χ0) is 26.5. The van der Waals surface area contributed by atoms with Crippen LogP contribution in [0.2, 0.25) is 0 Å². The summed E-state index contributed by atoms with van der Waals surface area (Å²) in [4.78, 5) is 42.1. The molecule has 37 heavy (non-hydrogen) atoms. The maximum absolute atomic E-state index is 13.8. The van der Waals surface area contributed by atoms with Crippen molar-refractivity contribution in [2.24, 2.45) is 11.3 Å². The minimum Gasteiger partial charge on any atom is -0.335 e. The number of alkyl halides is 1. The van der Waals surface area contributed by atoms with Crippen molar-refractivity contribution in [1.82, 2.24) is 29.5 Å². The van der Waals surface area contributed by atoms with Crippen molar-refractivity contribution in [3.05, 3.63) is 69.9 Å². The first-order chi connectivity index (χ1) is 17.6. The number of rotatable bonds is 5. The molecule has 1 N–H and O–H groups in total. The van der Waals surface area contributed by atoms with E-state index in [4.69, 9.17) is 4.98 Å². The number of halogens is 1. The van der Waals surface area contributed by atoms with E-state index in [0.717, 1.165) is 12.0 Å². The summed E-state index contributed by atoms with van der Waals surface area (Å²) in [6.07, 6.45) is 4.03. The van der Waals surface area contributed by atoms with Crippen LogP contribution < -0.4 is 5.56 Å². The number of amides is 1. The van der Waals surface area contributed by atoms with Gasteiger partial charge >= 0.3 is 0 Å². The highest BCUT2D eigenvalue weighted by Gasteiger charge is 2.41. The minimum atomic E-state index is -0.484. The maximum Gasteiger partial charge on any atom is 0.273 e. The number of carbonyl (C=O) groups excluding carboxylic acids is 1. The van der Waals surface area contributed by atoms with E-state index in [1.807, 2.05) is 31.2 Å². The Morgan fingerprint density at radius 2 is 1.86 bits per heavy atom. The van der Waals surface area contributed by atoms with Crippen LogP contribution in [0.3, 0.4) is 0 Å². The van der Waals surface area contributed by atoms with Crippen LogP contribution in [0.5, 0.6) is 0 Å². The van der Waals surface area contributed by atoms with Crippen LogP contribution >= 0.6 is 0 Å². The van der Waals surface area contributed by atoms with Crippen molar-refractivity contribution < 1.29 is 9.18 Å². The van der Waals surface area contributed by atoms with Gasteiger partial charge in [-0.2, -0.15) is 0 Å². The van der Waals surface area contributed by atoms with Crippen LogP contribution in [0, 0.1) is 18.3 Å². The van der Waals surface area contributed by atoms with Crippen LogP contribution in [0.1, 0.15) is 49.3 Å². The Hall–Kier alpha value is -3.88. The molecular weight excluding hydrogens is 471 g/mol. The second kappa shape index (κ2) is 9.21. The van der Waals surface area contributed by atoms with Crippen molar-refractivity contribution in [3.8, 4) is 22.6 Å². The maximum atomic E-state index is 13.8. The number of hydrogen-bond acceptors (Lipinski definition) is 5. The molecule has 0 spiro atoms. The van der Waals surface area contributed by atoms with E-state index < -0.39 is 6.67 Å². The van der Waals surface area contributed by atoms with Crippen LogP contribution in [0.4, 0.5) is 4.39 Å². The van der Waals surface area contributed by atoms with E-state index in [-0.39, 0.29) is 40.1 Å². The summed E-state index contributed by atoms with van der Waals surface area (Å²) < 4.78 is 14.6. The Balaban J connectivity index is 1.65. The molecule has 4 heterocycles. The second-order valence-corrected chi connectivity index (χ2v) is 11.0. The molecule has 4 aromatic rings. The summed E-state index contributed by atoms with van der Waals surface area (Å²) in [5, 5.41) is 3.04. The monoisotopic (exact) mass is 502 g/mol. The van der Waals surface area contributed by atoms with E-state index in [0.29, 0.717) is 29.3 Å². The van der Waals surface area contributed by atoms with Gasteiger partial charge in [-0.05, 0) is 31.2 Å². The van der Waals surface area contributed by atoms with Crippen molar-refractivity contribution in [2.45, 2.75) is 47.1 Å². The van der Waals surface area contributed by atoms with Crippen molar-refractivity contribution >= 4 is 11.6 Å². The molecule has 8 nitrogen and oxygen atoms in total. The largest absolute Gasteiger partial charge is 0.335 e. The molecule has 1 fully saturated rings. The molecule has 1 aromatic carbocycles. The van der Waals surface area contributed by atoms with Gasteiger partial charge in [0.1, 0.15) is 11.3 Å². The molecule has 3 aromatic heterocycles. The lowest BCUT2D eigenvalue weighted by atomic mass is 9.88. The molecule has 1 amide bonds. The molecule has 5 rings (SSSR count). The number of carbonyl (C=O) groups is 1. The third kappa shape index (κ3) is 4.54. The molecular formula is C28H31FN6O2. The van der Waals surface area contributed by atoms with Gasteiger partial charge in [0, 0.05) is 42.5 Å². The summed E-state index contributed by atoms with van der Waals surface area (Å²) in [6, 6.07) is 9.18. The van der Waals surface area contributed by atoms with E-state index in [2.05, 4.69) is 35.8 Å². The summed E-state index contributed by atoms with van der Waals surface area (Å²) in [5.41, 5.74) is 4.13. The van der Waals surface area contributed by atoms with Gasteiger partial charge < -0.3 is 4.90 Å². The van der Waals surface area contributed by atoms with Crippen LogP contribution in [-0.4, -0.2) is 54.6 Å². The molecule has 0 aliphatic carbocycles. The third-order valence-corrected chi connectivity index (χ3v) is 7.00. The Kier molecular flexibility index (Phi) is 6.17. The second-order valence-electron chi connectivity index (χ2n) is 11.0. The molecule has 1 saturated heterocycles. The minimum absolute atomic E-state index is 0.155. The van der Waals surface area contributed by atoms with Crippen LogP contribution in [0.15, 0.2) is 47.5 Å². The zero-order valence-corrected chi connectivity index (χ0v) is 21.7. The number of nitrogens with one attached hydrogen (secondary N) is 1. The van der Waals surface area contributed by atoms with Crippen molar-refractivity contribution in [2.75, 3.05) is 13.2 Å². The molecule has 1 aliphatic heterocycles. The number of aryl methyl sites for hydroxylation is 1. The average molecular weight is 503 g/mol. The fourth-order valence-electron chi connectivity index (χ4n) is 4.90. The molecule has 2 atom stereocenters. The first-order valence-electron chi connectivity index (χ1n) is 12.5. The first-order valence-corrected chi connectivity index (χ1v) is 12.5. The molecule has 9 heteroatoms. The lowest BCUT2D eigenvalue weighted by Gasteiger charge is -2.45. The number of aromatic nitrogens is 5. The van der Waals surface area contributed by atoms with Gasteiger partial charge in [0.25, 0.3) is 11.5 Å². The molecule has 0 saturated carbocycles. The van der Waals surface area contributed by atoms with E-state index in [1.54, 1.807) is 18.0 Å². The van der Waals surface area contributed by atoms with Gasteiger partial charge in [0.05, 0.1) is 23.8 Å². The standard InChI is InChI=1S/C28H31FN6O2/c1-16-24(31-11-10-30-16)25-23(27(37)34-15-20(14-29)17(34)2)26-32-21(12-22(36)35(26)33-25)19-8-6-18(7-9-19)13-28(3,4)5/h6-12,17,20,33H,13-15H2,1-5H3/t17-,20-/m0/s1. The predicted molar refractivity (Wildman–Crippen MR) is 140 cm³/mol. The van der Waals surface area contributed by atoms with Crippen molar-refractivity contribution in [1.29, 1.82) is 0 Å². The number of likely N-dealkylation sites (tertiary alicyclic amines) is 1. The van der Waals surface area contributed by atoms with Crippen molar-refractivity contribution in [3.63, 3.8) is 0 Å². The highest BCUT2D eigenvalue weighted by molar-refractivity contribution is 6.06. The highest BCUT2D eigenvalue weighted by Crippen LogP contribution is 2.33. The zero-order valence-electron chi connectivity index (χ0n) is 21.7. The summed E-state index contributed by atoms with van der Waals surface area (Å²) in [7, 11) is 0. The Morgan fingerprint density at radius 1 is 1.16 bits per heavy atom. The van der Waals surface area contributed by atoms with Gasteiger partial charge in [0.2, 0.25) is 0 Å². The smallest absolute Gasteiger partial charge is 0.273 e. The normalized spacial score (nSPS) is 17.7. The topological polar surface area (TPSA) is 96.2 Å². The number of nitrogens with zero attached hydrogens (tertiary/aromatic N) is 5. The SMILES string of the molecule is Cc1nccnc1-c1[nH]n2c(=O)cc(-c3ccc(CC(C)(C)C)cc3)nc2c1C(=O)N1C[C@H](CF)[C@@H]1C. The van der Waals surface area contributed by atoms with Gasteiger partial charge in [-0.3, -0.25) is 29.0 Å². The summed E-state index contributed by atoms with van der Waals surface area (Å²) >= 11 is 0.